The van der Waals surface area contributed by atoms with Crippen molar-refractivity contribution in [2.75, 3.05) is 26.7 Å². The zero-order valence-corrected chi connectivity index (χ0v) is 11.9. The van der Waals surface area contributed by atoms with Gasteiger partial charge in [0, 0.05) is 36.7 Å². The highest BCUT2D eigenvalue weighted by atomic mass is 79.9. The summed E-state index contributed by atoms with van der Waals surface area (Å²) in [6, 6.07) is 6.02. The molecule has 1 aromatic rings. The van der Waals surface area contributed by atoms with Crippen molar-refractivity contribution in [2.24, 2.45) is 0 Å². The number of hydrogen-bond acceptors (Lipinski definition) is 3. The van der Waals surface area contributed by atoms with Crippen LogP contribution in [-0.4, -0.2) is 47.6 Å². The Bertz CT molecular complexity index is 397. The number of nitrogens with zero attached hydrogens (tertiary/aromatic N) is 2. The number of benzene rings is 1. The van der Waals surface area contributed by atoms with Gasteiger partial charge in [0.15, 0.2) is 0 Å². The van der Waals surface area contributed by atoms with E-state index in [0.29, 0.717) is 11.8 Å². The van der Waals surface area contributed by atoms with Gasteiger partial charge in [-0.25, -0.2) is 0 Å². The molecule has 0 amide bonds. The van der Waals surface area contributed by atoms with Crippen LogP contribution in [0.4, 0.5) is 0 Å². The second-order valence-corrected chi connectivity index (χ2v) is 5.71. The molecular weight excluding hydrogens is 280 g/mol. The van der Waals surface area contributed by atoms with Crippen LogP contribution in [0.15, 0.2) is 22.7 Å². The van der Waals surface area contributed by atoms with E-state index in [9.17, 15) is 5.11 Å². The molecule has 0 aliphatic carbocycles. The van der Waals surface area contributed by atoms with Crippen molar-refractivity contribution in [1.82, 2.24) is 9.80 Å². The minimum Gasteiger partial charge on any atom is -0.508 e. The Balaban J connectivity index is 2.07. The van der Waals surface area contributed by atoms with E-state index in [1.54, 1.807) is 6.07 Å². The molecule has 1 unspecified atom stereocenters. The fourth-order valence-corrected chi connectivity index (χ4v) is 2.69. The third-order valence-corrected chi connectivity index (χ3v) is 4.14. The van der Waals surface area contributed by atoms with Gasteiger partial charge in [-0.05, 0) is 37.7 Å². The number of piperazine rings is 1. The van der Waals surface area contributed by atoms with Crippen molar-refractivity contribution in [2.45, 2.75) is 19.5 Å². The Morgan fingerprint density at radius 2 is 2.18 bits per heavy atom. The normalized spacial score (nSPS) is 22.9. The number of rotatable bonds is 2. The van der Waals surface area contributed by atoms with Crippen molar-refractivity contribution in [3.8, 4) is 5.75 Å². The Kier molecular flexibility index (Phi) is 4.07. The van der Waals surface area contributed by atoms with Gasteiger partial charge >= 0.3 is 0 Å². The molecule has 94 valence electrons. The number of halogens is 1. The molecule has 0 bridgehead atoms. The predicted octanol–water partition coefficient (Wildman–Crippen LogP) is 2.29. The van der Waals surface area contributed by atoms with Crippen LogP contribution in [0.3, 0.4) is 0 Å². The Morgan fingerprint density at radius 1 is 1.41 bits per heavy atom. The zero-order valence-electron chi connectivity index (χ0n) is 10.4. The number of phenolic OH excluding ortho intramolecular Hbond substituents is 1. The standard InChI is InChI=1S/C13H19BrN2O/c1-10-8-15(2)5-6-16(10)9-11-7-12(17)3-4-13(11)14/h3-4,7,10,17H,5-6,8-9H2,1-2H3. The molecule has 1 aliphatic heterocycles. The lowest BCUT2D eigenvalue weighted by molar-refractivity contribution is 0.0936. The maximum absolute atomic E-state index is 9.53. The van der Waals surface area contributed by atoms with Crippen LogP contribution < -0.4 is 0 Å². The molecule has 0 aromatic heterocycles. The Hall–Kier alpha value is -0.580. The molecule has 2 rings (SSSR count). The van der Waals surface area contributed by atoms with E-state index in [4.69, 9.17) is 0 Å². The van der Waals surface area contributed by atoms with Crippen LogP contribution in [0.5, 0.6) is 5.75 Å². The lowest BCUT2D eigenvalue weighted by Gasteiger charge is -2.38. The minimum absolute atomic E-state index is 0.338. The molecule has 1 heterocycles. The molecular formula is C13H19BrN2O. The van der Waals surface area contributed by atoms with E-state index >= 15 is 0 Å². The number of phenols is 1. The number of aromatic hydroxyl groups is 1. The summed E-state index contributed by atoms with van der Waals surface area (Å²) >= 11 is 3.54. The highest BCUT2D eigenvalue weighted by Crippen LogP contribution is 2.24. The van der Waals surface area contributed by atoms with Crippen LogP contribution in [-0.2, 0) is 6.54 Å². The monoisotopic (exact) mass is 298 g/mol. The molecule has 0 radical (unpaired) electrons. The zero-order chi connectivity index (χ0) is 12.4. The van der Waals surface area contributed by atoms with Gasteiger partial charge in [0.2, 0.25) is 0 Å². The summed E-state index contributed by atoms with van der Waals surface area (Å²) < 4.78 is 1.07. The maximum atomic E-state index is 9.53. The lowest BCUT2D eigenvalue weighted by atomic mass is 10.1. The molecule has 1 fully saturated rings. The highest BCUT2D eigenvalue weighted by Gasteiger charge is 2.21. The molecule has 17 heavy (non-hydrogen) atoms. The van der Waals surface area contributed by atoms with Gasteiger partial charge < -0.3 is 10.0 Å². The van der Waals surface area contributed by atoms with Crippen molar-refractivity contribution in [3.63, 3.8) is 0 Å². The van der Waals surface area contributed by atoms with E-state index < -0.39 is 0 Å². The second kappa shape index (κ2) is 5.38. The average molecular weight is 299 g/mol. The van der Waals surface area contributed by atoms with Crippen LogP contribution in [0, 0.1) is 0 Å². The van der Waals surface area contributed by atoms with E-state index in [2.05, 4.69) is 39.7 Å². The average Bonchev–Trinajstić information content (AvgIpc) is 2.27. The topological polar surface area (TPSA) is 26.7 Å². The van der Waals surface area contributed by atoms with Crippen molar-refractivity contribution in [3.05, 3.63) is 28.2 Å². The van der Waals surface area contributed by atoms with Gasteiger partial charge in [-0.3, -0.25) is 4.90 Å². The summed E-state index contributed by atoms with van der Waals surface area (Å²) in [5, 5.41) is 9.53. The van der Waals surface area contributed by atoms with Gasteiger partial charge in [-0.1, -0.05) is 15.9 Å². The van der Waals surface area contributed by atoms with Crippen molar-refractivity contribution < 1.29 is 5.11 Å². The third-order valence-electron chi connectivity index (χ3n) is 3.37. The van der Waals surface area contributed by atoms with Crippen LogP contribution in [0.25, 0.3) is 0 Å². The molecule has 3 nitrogen and oxygen atoms in total. The minimum atomic E-state index is 0.338. The van der Waals surface area contributed by atoms with Gasteiger partial charge in [-0.2, -0.15) is 0 Å². The van der Waals surface area contributed by atoms with E-state index in [1.807, 2.05) is 12.1 Å². The van der Waals surface area contributed by atoms with E-state index in [1.165, 1.54) is 0 Å². The van der Waals surface area contributed by atoms with Crippen LogP contribution in [0.2, 0.25) is 0 Å². The van der Waals surface area contributed by atoms with Crippen molar-refractivity contribution in [1.29, 1.82) is 0 Å². The first-order valence-corrected chi connectivity index (χ1v) is 6.75. The van der Waals surface area contributed by atoms with Gasteiger partial charge in [0.1, 0.15) is 5.75 Å². The van der Waals surface area contributed by atoms with Crippen LogP contribution >= 0.6 is 15.9 Å². The summed E-state index contributed by atoms with van der Waals surface area (Å²) in [5.41, 5.74) is 1.15. The first-order chi connectivity index (χ1) is 8.06. The molecule has 1 aliphatic rings. The van der Waals surface area contributed by atoms with E-state index in [-0.39, 0.29) is 0 Å². The fraction of sp³-hybridized carbons (Fsp3) is 0.538. The van der Waals surface area contributed by atoms with Gasteiger partial charge in [0.05, 0.1) is 0 Å². The summed E-state index contributed by atoms with van der Waals surface area (Å²) in [7, 11) is 2.16. The first kappa shape index (κ1) is 12.9. The second-order valence-electron chi connectivity index (χ2n) is 4.86. The van der Waals surface area contributed by atoms with Gasteiger partial charge in [-0.15, -0.1) is 0 Å². The first-order valence-electron chi connectivity index (χ1n) is 5.96. The van der Waals surface area contributed by atoms with Crippen molar-refractivity contribution >= 4 is 15.9 Å². The SMILES string of the molecule is CC1CN(C)CCN1Cc1cc(O)ccc1Br. The smallest absolute Gasteiger partial charge is 0.115 e. The van der Waals surface area contributed by atoms with Crippen LogP contribution in [0.1, 0.15) is 12.5 Å². The fourth-order valence-electron chi connectivity index (χ4n) is 2.31. The number of hydrogen-bond donors (Lipinski definition) is 1. The summed E-state index contributed by atoms with van der Waals surface area (Å²) in [5.74, 6) is 0.338. The third kappa shape index (κ3) is 3.21. The maximum Gasteiger partial charge on any atom is 0.115 e. The van der Waals surface area contributed by atoms with E-state index in [0.717, 1.165) is 36.2 Å². The Labute approximate surface area is 111 Å². The quantitative estimate of drug-likeness (QED) is 0.907. The molecule has 0 saturated carbocycles. The summed E-state index contributed by atoms with van der Waals surface area (Å²) in [6.45, 7) is 6.45. The largest absolute Gasteiger partial charge is 0.508 e. The molecule has 0 spiro atoms. The molecule has 1 atom stereocenters. The summed E-state index contributed by atoms with van der Waals surface area (Å²) in [6.07, 6.45) is 0. The molecule has 1 N–H and O–H groups in total. The predicted molar refractivity (Wildman–Crippen MR) is 73.2 cm³/mol. The molecule has 1 saturated heterocycles. The molecule has 1 aromatic carbocycles. The van der Waals surface area contributed by atoms with Gasteiger partial charge in [0.25, 0.3) is 0 Å². The summed E-state index contributed by atoms with van der Waals surface area (Å²) in [4.78, 5) is 4.82. The molecule has 4 heteroatoms. The lowest BCUT2D eigenvalue weighted by Crippen LogP contribution is -2.49. The highest BCUT2D eigenvalue weighted by molar-refractivity contribution is 9.10. The number of likely N-dealkylation sites (N-methyl/N-ethyl adjacent to an activating group) is 1. The Morgan fingerprint density at radius 3 is 2.88 bits per heavy atom.